The fourth-order valence-corrected chi connectivity index (χ4v) is 4.29. The smallest absolute Gasteiger partial charge is 0.234 e. The number of methoxy groups -OCH3 is 3. The summed E-state index contributed by atoms with van der Waals surface area (Å²) in [6.45, 7) is 0. The van der Waals surface area contributed by atoms with Crippen molar-refractivity contribution in [1.29, 1.82) is 0 Å². The Balaban J connectivity index is 1.68. The van der Waals surface area contributed by atoms with Crippen LogP contribution in [0.5, 0.6) is 17.2 Å². The number of anilines is 1. The molecule has 9 heteroatoms. The molecule has 4 aromatic rings. The number of hydrogen-bond donors (Lipinski definition) is 2. The number of nitrogens with one attached hydrogen (secondary N) is 2. The topological polar surface area (TPSA) is 85.5 Å². The number of nitrogens with zero attached hydrogens (tertiary/aromatic N) is 1. The minimum Gasteiger partial charge on any atom is -0.493 e. The van der Waals surface area contributed by atoms with E-state index in [2.05, 4.69) is 10.3 Å². The molecule has 35 heavy (non-hydrogen) atoms. The number of para-hydroxylation sites is 1. The lowest BCUT2D eigenvalue weighted by atomic mass is 10.1. The first-order valence-electron chi connectivity index (χ1n) is 10.7. The summed E-state index contributed by atoms with van der Waals surface area (Å²) in [5.41, 5.74) is 2.83. The van der Waals surface area contributed by atoms with Gasteiger partial charge in [-0.2, -0.15) is 0 Å². The average molecular weight is 494 g/mol. The number of halogens is 1. The number of ether oxygens (including phenoxy) is 3. The van der Waals surface area contributed by atoms with Gasteiger partial charge in [0.25, 0.3) is 0 Å². The molecule has 1 aromatic heterocycles. The normalized spacial score (nSPS) is 10.6. The number of amides is 1. The lowest BCUT2D eigenvalue weighted by molar-refractivity contribution is -0.113. The van der Waals surface area contributed by atoms with Gasteiger partial charge in [0.1, 0.15) is 16.7 Å². The Kier molecular flexibility index (Phi) is 7.57. The second kappa shape index (κ2) is 11.0. The number of aromatic nitrogens is 2. The highest BCUT2D eigenvalue weighted by Crippen LogP contribution is 2.42. The summed E-state index contributed by atoms with van der Waals surface area (Å²) in [5, 5.41) is 3.47. The van der Waals surface area contributed by atoms with Gasteiger partial charge in [-0.25, -0.2) is 9.37 Å². The first kappa shape index (κ1) is 24.2. The maximum Gasteiger partial charge on any atom is 0.234 e. The second-order valence-electron chi connectivity index (χ2n) is 7.39. The van der Waals surface area contributed by atoms with Crippen molar-refractivity contribution in [2.75, 3.05) is 32.4 Å². The van der Waals surface area contributed by atoms with Crippen LogP contribution in [0.1, 0.15) is 0 Å². The molecule has 0 aliphatic carbocycles. The molecular formula is C26H24FN3O4S. The minimum atomic E-state index is -0.338. The van der Waals surface area contributed by atoms with Crippen molar-refractivity contribution in [3.05, 3.63) is 72.5 Å². The molecule has 0 saturated heterocycles. The van der Waals surface area contributed by atoms with Crippen LogP contribution in [0, 0.1) is 5.82 Å². The number of aromatic amines is 1. The Hall–Kier alpha value is -3.98. The Morgan fingerprint density at radius 2 is 1.60 bits per heavy atom. The number of carbonyl (C=O) groups excluding carboxylic acids is 1. The SMILES string of the molecule is COc1cc(-c2nc(SCC(=O)Nc3ccccc3)c(-c3ccc(F)cc3)[nH]2)cc(OC)c1OC. The number of H-pyrrole nitrogens is 1. The van der Waals surface area contributed by atoms with E-state index in [1.165, 1.54) is 31.0 Å². The van der Waals surface area contributed by atoms with E-state index < -0.39 is 0 Å². The number of imidazole rings is 1. The molecule has 1 heterocycles. The van der Waals surface area contributed by atoms with E-state index in [-0.39, 0.29) is 17.5 Å². The van der Waals surface area contributed by atoms with Gasteiger partial charge in [-0.15, -0.1) is 0 Å². The number of hydrogen-bond acceptors (Lipinski definition) is 6. The molecular weight excluding hydrogens is 469 g/mol. The third-order valence-electron chi connectivity index (χ3n) is 5.14. The highest BCUT2D eigenvalue weighted by molar-refractivity contribution is 8.00. The minimum absolute atomic E-state index is 0.142. The van der Waals surface area contributed by atoms with Crippen LogP contribution in [0.15, 0.2) is 71.8 Å². The zero-order chi connectivity index (χ0) is 24.8. The van der Waals surface area contributed by atoms with Gasteiger partial charge in [-0.1, -0.05) is 30.0 Å². The van der Waals surface area contributed by atoms with E-state index >= 15 is 0 Å². The molecule has 0 unspecified atom stereocenters. The summed E-state index contributed by atoms with van der Waals surface area (Å²) < 4.78 is 29.9. The van der Waals surface area contributed by atoms with Crippen LogP contribution >= 0.6 is 11.8 Å². The highest BCUT2D eigenvalue weighted by Gasteiger charge is 2.19. The van der Waals surface area contributed by atoms with Crippen LogP contribution in [-0.2, 0) is 4.79 Å². The maximum absolute atomic E-state index is 13.5. The third-order valence-corrected chi connectivity index (χ3v) is 6.11. The number of thioether (sulfide) groups is 1. The zero-order valence-corrected chi connectivity index (χ0v) is 20.2. The summed E-state index contributed by atoms with van der Waals surface area (Å²) in [4.78, 5) is 20.6. The molecule has 0 atom stereocenters. The van der Waals surface area contributed by atoms with Crippen LogP contribution in [-0.4, -0.2) is 43.0 Å². The van der Waals surface area contributed by atoms with Gasteiger partial charge in [0.15, 0.2) is 11.5 Å². The zero-order valence-electron chi connectivity index (χ0n) is 19.4. The average Bonchev–Trinajstić information content (AvgIpc) is 3.32. The molecule has 0 radical (unpaired) electrons. The van der Waals surface area contributed by atoms with Gasteiger partial charge < -0.3 is 24.5 Å². The Morgan fingerprint density at radius 1 is 0.943 bits per heavy atom. The molecule has 0 aliphatic heterocycles. The van der Waals surface area contributed by atoms with Crippen LogP contribution in [0.3, 0.4) is 0 Å². The van der Waals surface area contributed by atoms with Gasteiger partial charge in [0, 0.05) is 16.8 Å². The molecule has 180 valence electrons. The van der Waals surface area contributed by atoms with Crippen molar-refractivity contribution in [3.63, 3.8) is 0 Å². The van der Waals surface area contributed by atoms with Crippen LogP contribution in [0.2, 0.25) is 0 Å². The standard InChI is InChI=1S/C26H24FN3O4S/c1-32-20-13-17(14-21(33-2)24(20)34-3)25-29-23(16-9-11-18(27)12-10-16)26(30-25)35-15-22(31)28-19-7-5-4-6-8-19/h4-14H,15H2,1-3H3,(H,28,31)(H,29,30). The molecule has 0 saturated carbocycles. The summed E-state index contributed by atoms with van der Waals surface area (Å²) in [7, 11) is 4.62. The fraction of sp³-hybridized carbons (Fsp3) is 0.154. The first-order valence-corrected chi connectivity index (χ1v) is 11.6. The van der Waals surface area contributed by atoms with Gasteiger partial charge in [0.2, 0.25) is 11.7 Å². The van der Waals surface area contributed by atoms with E-state index in [1.54, 1.807) is 38.5 Å². The van der Waals surface area contributed by atoms with Crippen molar-refractivity contribution in [2.45, 2.75) is 5.03 Å². The third kappa shape index (κ3) is 5.58. The van der Waals surface area contributed by atoms with Crippen molar-refractivity contribution in [3.8, 4) is 39.9 Å². The second-order valence-corrected chi connectivity index (χ2v) is 8.35. The molecule has 0 aliphatic rings. The number of carbonyl (C=O) groups is 1. The summed E-state index contributed by atoms with van der Waals surface area (Å²) in [6.07, 6.45) is 0. The predicted octanol–water partition coefficient (Wildman–Crippen LogP) is 5.64. The Labute approximate surface area is 206 Å². The quantitative estimate of drug-likeness (QED) is 0.294. The number of benzene rings is 3. The maximum atomic E-state index is 13.5. The Morgan fingerprint density at radius 3 is 2.20 bits per heavy atom. The lowest BCUT2D eigenvalue weighted by Crippen LogP contribution is -2.13. The number of rotatable bonds is 9. The van der Waals surface area contributed by atoms with Gasteiger partial charge >= 0.3 is 0 Å². The Bertz CT molecular complexity index is 1290. The molecule has 0 spiro atoms. The van der Waals surface area contributed by atoms with Gasteiger partial charge in [-0.3, -0.25) is 4.79 Å². The molecule has 4 rings (SSSR count). The van der Waals surface area contributed by atoms with E-state index in [1.807, 2.05) is 30.3 Å². The first-order chi connectivity index (χ1) is 17.0. The molecule has 0 fully saturated rings. The van der Waals surface area contributed by atoms with E-state index in [0.29, 0.717) is 39.4 Å². The van der Waals surface area contributed by atoms with Gasteiger partial charge in [0.05, 0.1) is 32.8 Å². The van der Waals surface area contributed by atoms with E-state index in [0.717, 1.165) is 11.3 Å². The molecule has 7 nitrogen and oxygen atoms in total. The molecule has 3 aromatic carbocycles. The van der Waals surface area contributed by atoms with Crippen molar-refractivity contribution in [2.24, 2.45) is 0 Å². The molecule has 0 bridgehead atoms. The fourth-order valence-electron chi connectivity index (χ4n) is 3.48. The molecule has 2 N–H and O–H groups in total. The molecule has 1 amide bonds. The van der Waals surface area contributed by atoms with Gasteiger partial charge in [-0.05, 0) is 48.5 Å². The monoisotopic (exact) mass is 493 g/mol. The summed E-state index contributed by atoms with van der Waals surface area (Å²) >= 11 is 1.28. The summed E-state index contributed by atoms with van der Waals surface area (Å²) in [5.74, 6) is 1.61. The predicted molar refractivity (Wildman–Crippen MR) is 135 cm³/mol. The van der Waals surface area contributed by atoms with Crippen LogP contribution < -0.4 is 19.5 Å². The largest absolute Gasteiger partial charge is 0.493 e. The van der Waals surface area contributed by atoms with Crippen molar-refractivity contribution >= 4 is 23.4 Å². The van der Waals surface area contributed by atoms with Crippen LogP contribution in [0.4, 0.5) is 10.1 Å². The van der Waals surface area contributed by atoms with Crippen molar-refractivity contribution < 1.29 is 23.4 Å². The van der Waals surface area contributed by atoms with Crippen molar-refractivity contribution in [1.82, 2.24) is 9.97 Å². The van der Waals surface area contributed by atoms with Crippen LogP contribution in [0.25, 0.3) is 22.6 Å². The van der Waals surface area contributed by atoms with E-state index in [4.69, 9.17) is 19.2 Å². The summed E-state index contributed by atoms with van der Waals surface area (Å²) in [6, 6.07) is 18.9. The van der Waals surface area contributed by atoms with E-state index in [9.17, 15) is 9.18 Å². The lowest BCUT2D eigenvalue weighted by Gasteiger charge is -2.13. The highest BCUT2D eigenvalue weighted by atomic mass is 32.2.